The van der Waals surface area contributed by atoms with Crippen LogP contribution in [-0.4, -0.2) is 29.4 Å². The first-order chi connectivity index (χ1) is 10.5. The predicted octanol–water partition coefficient (Wildman–Crippen LogP) is 2.45. The van der Waals surface area contributed by atoms with E-state index in [9.17, 15) is 14.4 Å². The molecule has 1 fully saturated rings. The molecule has 2 amide bonds. The summed E-state index contributed by atoms with van der Waals surface area (Å²) in [5.41, 5.74) is 0.503. The van der Waals surface area contributed by atoms with E-state index < -0.39 is 5.97 Å². The van der Waals surface area contributed by atoms with Crippen LogP contribution in [0.4, 0.5) is 0 Å². The molecule has 0 bridgehead atoms. The molecule has 0 aromatic rings. The monoisotopic (exact) mass is 310 g/mol. The maximum Gasteiger partial charge on any atom is 0.333 e. The van der Waals surface area contributed by atoms with Gasteiger partial charge in [0.2, 0.25) is 5.91 Å². The van der Waals surface area contributed by atoms with Crippen molar-refractivity contribution in [1.82, 2.24) is 10.4 Å². The molecule has 1 N–H and O–H groups in total. The van der Waals surface area contributed by atoms with E-state index in [2.05, 4.69) is 18.8 Å². The van der Waals surface area contributed by atoms with Crippen molar-refractivity contribution in [1.29, 1.82) is 0 Å². The summed E-state index contributed by atoms with van der Waals surface area (Å²) in [4.78, 5) is 39.6. The van der Waals surface area contributed by atoms with Gasteiger partial charge in [-0.1, -0.05) is 32.8 Å². The number of hydrogen-bond acceptors (Lipinski definition) is 4. The SMILES string of the molecule is C=C1CCC(=O)N1OC(=O)CCCC(=O)NCCCCCC. The summed E-state index contributed by atoms with van der Waals surface area (Å²) in [6.07, 6.45) is 6.12. The Hall–Kier alpha value is -1.85. The summed E-state index contributed by atoms with van der Waals surface area (Å²) < 4.78 is 0. The zero-order valence-electron chi connectivity index (χ0n) is 13.4. The minimum absolute atomic E-state index is 0.0500. The van der Waals surface area contributed by atoms with Gasteiger partial charge < -0.3 is 10.2 Å². The largest absolute Gasteiger partial charge is 0.356 e. The number of carbonyl (C=O) groups excluding carboxylic acids is 3. The third-order valence-electron chi connectivity index (χ3n) is 3.47. The Kier molecular flexibility index (Phi) is 8.25. The van der Waals surface area contributed by atoms with Crippen molar-refractivity contribution in [2.45, 2.75) is 64.7 Å². The molecule has 1 rings (SSSR count). The number of nitrogens with zero attached hydrogens (tertiary/aromatic N) is 1. The van der Waals surface area contributed by atoms with Crippen LogP contribution in [0.25, 0.3) is 0 Å². The second-order valence-corrected chi connectivity index (χ2v) is 5.48. The predicted molar refractivity (Wildman–Crippen MR) is 82.3 cm³/mol. The molecule has 0 aliphatic carbocycles. The minimum atomic E-state index is -0.507. The fraction of sp³-hybridized carbons (Fsp3) is 0.688. The summed E-state index contributed by atoms with van der Waals surface area (Å²) in [5.74, 6) is -0.804. The van der Waals surface area contributed by atoms with Gasteiger partial charge >= 0.3 is 5.97 Å². The lowest BCUT2D eigenvalue weighted by atomic mass is 10.2. The summed E-state index contributed by atoms with van der Waals surface area (Å²) >= 11 is 0. The van der Waals surface area contributed by atoms with Crippen molar-refractivity contribution < 1.29 is 19.2 Å². The van der Waals surface area contributed by atoms with E-state index in [1.54, 1.807) is 0 Å². The minimum Gasteiger partial charge on any atom is -0.356 e. The number of unbranched alkanes of at least 4 members (excludes halogenated alkanes) is 3. The van der Waals surface area contributed by atoms with Gasteiger partial charge in [-0.05, 0) is 19.3 Å². The van der Waals surface area contributed by atoms with Gasteiger partial charge in [-0.25, -0.2) is 4.79 Å². The smallest absolute Gasteiger partial charge is 0.333 e. The van der Waals surface area contributed by atoms with Gasteiger partial charge in [0, 0.05) is 25.8 Å². The first-order valence-corrected chi connectivity index (χ1v) is 8.02. The van der Waals surface area contributed by atoms with Crippen LogP contribution in [0.5, 0.6) is 0 Å². The topological polar surface area (TPSA) is 75.7 Å². The molecule has 0 atom stereocenters. The Labute approximate surface area is 131 Å². The van der Waals surface area contributed by atoms with Crippen LogP contribution >= 0.6 is 0 Å². The van der Waals surface area contributed by atoms with Crippen molar-refractivity contribution in [3.63, 3.8) is 0 Å². The van der Waals surface area contributed by atoms with Crippen molar-refractivity contribution in [2.75, 3.05) is 6.54 Å². The average molecular weight is 310 g/mol. The lowest BCUT2D eigenvalue weighted by molar-refractivity contribution is -0.186. The van der Waals surface area contributed by atoms with E-state index in [4.69, 9.17) is 4.84 Å². The highest BCUT2D eigenvalue weighted by atomic mass is 16.7. The summed E-state index contributed by atoms with van der Waals surface area (Å²) in [5, 5.41) is 3.80. The fourth-order valence-electron chi connectivity index (χ4n) is 2.15. The molecule has 1 heterocycles. The van der Waals surface area contributed by atoms with E-state index in [1.165, 1.54) is 12.8 Å². The van der Waals surface area contributed by atoms with E-state index in [1.807, 2.05) is 0 Å². The van der Waals surface area contributed by atoms with Gasteiger partial charge in [0.25, 0.3) is 5.91 Å². The summed E-state index contributed by atoms with van der Waals surface area (Å²) in [7, 11) is 0. The molecular weight excluding hydrogens is 284 g/mol. The van der Waals surface area contributed by atoms with Gasteiger partial charge in [-0.15, -0.1) is 5.06 Å². The number of carbonyl (C=O) groups is 3. The second kappa shape index (κ2) is 9.97. The summed E-state index contributed by atoms with van der Waals surface area (Å²) in [6, 6.07) is 0. The quantitative estimate of drug-likeness (QED) is 0.629. The molecule has 124 valence electrons. The molecule has 0 aromatic carbocycles. The number of rotatable bonds is 10. The molecule has 1 aliphatic heterocycles. The van der Waals surface area contributed by atoms with Crippen LogP contribution in [0.15, 0.2) is 12.3 Å². The van der Waals surface area contributed by atoms with Gasteiger partial charge in [0.15, 0.2) is 0 Å². The van der Waals surface area contributed by atoms with Crippen LogP contribution in [0, 0.1) is 0 Å². The number of nitrogens with one attached hydrogen (secondary N) is 1. The van der Waals surface area contributed by atoms with Gasteiger partial charge in [-0.2, -0.15) is 0 Å². The molecule has 0 spiro atoms. The van der Waals surface area contributed by atoms with Crippen molar-refractivity contribution >= 4 is 17.8 Å². The Bertz CT molecular complexity index is 404. The maximum atomic E-state index is 11.6. The molecule has 0 radical (unpaired) electrons. The number of hydroxylamine groups is 2. The van der Waals surface area contributed by atoms with E-state index in [0.29, 0.717) is 31.5 Å². The second-order valence-electron chi connectivity index (χ2n) is 5.48. The van der Waals surface area contributed by atoms with Gasteiger partial charge in [0.1, 0.15) is 0 Å². The highest BCUT2D eigenvalue weighted by Crippen LogP contribution is 2.21. The number of amides is 2. The molecule has 1 saturated heterocycles. The fourth-order valence-corrected chi connectivity index (χ4v) is 2.15. The van der Waals surface area contributed by atoms with E-state index >= 15 is 0 Å². The lowest BCUT2D eigenvalue weighted by Gasteiger charge is -2.15. The standard InChI is InChI=1S/C16H26N2O4/c1-3-4-5-6-12-17-14(19)8-7-9-16(21)22-18-13(2)10-11-15(18)20/h2-12H2,1H3,(H,17,19). The van der Waals surface area contributed by atoms with E-state index in [0.717, 1.165) is 17.9 Å². The Morgan fingerprint density at radius 2 is 1.95 bits per heavy atom. The Balaban J connectivity index is 2.08. The van der Waals surface area contributed by atoms with Crippen molar-refractivity contribution in [2.24, 2.45) is 0 Å². The summed E-state index contributed by atoms with van der Waals surface area (Å²) in [6.45, 7) is 6.49. The zero-order chi connectivity index (χ0) is 16.4. The highest BCUT2D eigenvalue weighted by Gasteiger charge is 2.27. The van der Waals surface area contributed by atoms with E-state index in [-0.39, 0.29) is 24.7 Å². The Morgan fingerprint density at radius 1 is 1.18 bits per heavy atom. The molecule has 0 aromatic heterocycles. The number of hydrogen-bond donors (Lipinski definition) is 1. The normalized spacial score (nSPS) is 14.3. The third-order valence-corrected chi connectivity index (χ3v) is 3.47. The first-order valence-electron chi connectivity index (χ1n) is 8.02. The molecule has 1 aliphatic rings. The van der Waals surface area contributed by atoms with Crippen LogP contribution in [0.3, 0.4) is 0 Å². The zero-order valence-corrected chi connectivity index (χ0v) is 13.4. The van der Waals surface area contributed by atoms with Gasteiger partial charge in [-0.3, -0.25) is 9.59 Å². The molecule has 6 heteroatoms. The maximum absolute atomic E-state index is 11.6. The molecule has 0 unspecified atom stereocenters. The lowest BCUT2D eigenvalue weighted by Crippen LogP contribution is -2.27. The van der Waals surface area contributed by atoms with Crippen LogP contribution in [-0.2, 0) is 19.2 Å². The molecule has 6 nitrogen and oxygen atoms in total. The van der Waals surface area contributed by atoms with Crippen LogP contribution < -0.4 is 5.32 Å². The van der Waals surface area contributed by atoms with Crippen LogP contribution in [0.2, 0.25) is 0 Å². The van der Waals surface area contributed by atoms with Crippen molar-refractivity contribution in [3.8, 4) is 0 Å². The van der Waals surface area contributed by atoms with Gasteiger partial charge in [0.05, 0.1) is 5.70 Å². The first kappa shape index (κ1) is 18.2. The average Bonchev–Trinajstić information content (AvgIpc) is 2.79. The number of allylic oxidation sites excluding steroid dienone is 1. The molecule has 22 heavy (non-hydrogen) atoms. The molecule has 0 saturated carbocycles. The third kappa shape index (κ3) is 6.74. The Morgan fingerprint density at radius 3 is 2.59 bits per heavy atom. The van der Waals surface area contributed by atoms with Crippen molar-refractivity contribution in [3.05, 3.63) is 12.3 Å². The highest BCUT2D eigenvalue weighted by molar-refractivity contribution is 5.82. The molecular formula is C16H26N2O4. The van der Waals surface area contributed by atoms with Crippen LogP contribution in [0.1, 0.15) is 64.7 Å².